The average Bonchev–Trinajstić information content (AvgIpc) is 2.92. The topological polar surface area (TPSA) is 78.4 Å². The lowest BCUT2D eigenvalue weighted by Crippen LogP contribution is -1.93. The third-order valence-corrected chi connectivity index (χ3v) is 2.82. The van der Waals surface area contributed by atoms with E-state index in [-0.39, 0.29) is 5.69 Å². The molecule has 0 amide bonds. The number of hydrogen-bond donors (Lipinski definition) is 0. The number of nitro groups is 1. The van der Waals surface area contributed by atoms with Crippen molar-refractivity contribution in [2.75, 3.05) is 6.61 Å². The highest BCUT2D eigenvalue weighted by molar-refractivity contribution is 5.60. The SMILES string of the molecule is CCCCOCc1cc(-c2ccc([N+](=O)[O-])cc2)no1. The van der Waals surface area contributed by atoms with E-state index in [9.17, 15) is 10.1 Å². The molecule has 0 spiro atoms. The Bertz CT molecular complexity index is 563. The van der Waals surface area contributed by atoms with E-state index in [2.05, 4.69) is 12.1 Å². The van der Waals surface area contributed by atoms with Crippen LogP contribution in [0.4, 0.5) is 5.69 Å². The third kappa shape index (κ3) is 3.64. The predicted octanol–water partition coefficient (Wildman–Crippen LogP) is 3.57. The zero-order valence-electron chi connectivity index (χ0n) is 11.2. The molecule has 0 aliphatic carbocycles. The van der Waals surface area contributed by atoms with Gasteiger partial charge in [-0.1, -0.05) is 18.5 Å². The largest absolute Gasteiger partial charge is 0.373 e. The first-order valence-corrected chi connectivity index (χ1v) is 6.49. The number of rotatable bonds is 7. The van der Waals surface area contributed by atoms with Gasteiger partial charge in [0.1, 0.15) is 12.3 Å². The number of hydrogen-bond acceptors (Lipinski definition) is 5. The van der Waals surface area contributed by atoms with Crippen molar-refractivity contribution in [1.29, 1.82) is 0 Å². The molecule has 2 aromatic rings. The number of benzene rings is 1. The minimum atomic E-state index is -0.431. The Kier molecular flexibility index (Phi) is 4.84. The smallest absolute Gasteiger partial charge is 0.269 e. The van der Waals surface area contributed by atoms with Crippen LogP contribution in [0.25, 0.3) is 11.3 Å². The molecule has 0 fully saturated rings. The highest BCUT2D eigenvalue weighted by Crippen LogP contribution is 2.22. The highest BCUT2D eigenvalue weighted by Gasteiger charge is 2.09. The summed E-state index contributed by atoms with van der Waals surface area (Å²) in [5.41, 5.74) is 1.48. The number of aromatic nitrogens is 1. The fourth-order valence-electron chi connectivity index (χ4n) is 1.69. The van der Waals surface area contributed by atoms with Crippen LogP contribution < -0.4 is 0 Å². The van der Waals surface area contributed by atoms with E-state index in [1.54, 1.807) is 18.2 Å². The first-order valence-electron chi connectivity index (χ1n) is 6.49. The van der Waals surface area contributed by atoms with Gasteiger partial charge in [0.15, 0.2) is 5.76 Å². The maximum Gasteiger partial charge on any atom is 0.269 e. The third-order valence-electron chi connectivity index (χ3n) is 2.82. The first kappa shape index (κ1) is 14.2. The Morgan fingerprint density at radius 3 is 2.75 bits per heavy atom. The molecular weight excluding hydrogens is 260 g/mol. The standard InChI is InChI=1S/C14H16N2O4/c1-2-3-8-19-10-13-9-14(15-20-13)11-4-6-12(7-5-11)16(17)18/h4-7,9H,2-3,8,10H2,1H3. The molecule has 0 saturated carbocycles. The van der Waals surface area contributed by atoms with Crippen LogP contribution >= 0.6 is 0 Å². The van der Waals surface area contributed by atoms with Gasteiger partial charge in [-0.15, -0.1) is 0 Å². The molecule has 106 valence electrons. The lowest BCUT2D eigenvalue weighted by molar-refractivity contribution is -0.384. The molecule has 6 nitrogen and oxygen atoms in total. The molecule has 0 saturated heterocycles. The number of nitrogens with zero attached hydrogens (tertiary/aromatic N) is 2. The highest BCUT2D eigenvalue weighted by atomic mass is 16.6. The van der Waals surface area contributed by atoms with E-state index in [1.165, 1.54) is 12.1 Å². The molecule has 0 radical (unpaired) electrons. The van der Waals surface area contributed by atoms with Crippen molar-refractivity contribution >= 4 is 5.69 Å². The van der Waals surface area contributed by atoms with Crippen LogP contribution in [-0.4, -0.2) is 16.7 Å². The van der Waals surface area contributed by atoms with Crippen LogP contribution in [0.3, 0.4) is 0 Å². The van der Waals surface area contributed by atoms with Gasteiger partial charge < -0.3 is 9.26 Å². The van der Waals surface area contributed by atoms with Crippen LogP contribution in [0.2, 0.25) is 0 Å². The summed E-state index contributed by atoms with van der Waals surface area (Å²) in [5.74, 6) is 0.648. The minimum Gasteiger partial charge on any atom is -0.373 e. The molecule has 20 heavy (non-hydrogen) atoms. The Hall–Kier alpha value is -2.21. The second-order valence-corrected chi connectivity index (χ2v) is 4.39. The Morgan fingerprint density at radius 1 is 1.35 bits per heavy atom. The second-order valence-electron chi connectivity index (χ2n) is 4.39. The fourth-order valence-corrected chi connectivity index (χ4v) is 1.69. The van der Waals surface area contributed by atoms with Gasteiger partial charge >= 0.3 is 0 Å². The maximum atomic E-state index is 10.6. The van der Waals surface area contributed by atoms with Gasteiger partial charge in [0.25, 0.3) is 5.69 Å². The van der Waals surface area contributed by atoms with E-state index in [0.29, 0.717) is 24.7 Å². The molecule has 0 bridgehead atoms. The Labute approximate surface area is 116 Å². The second kappa shape index (κ2) is 6.81. The maximum absolute atomic E-state index is 10.6. The lowest BCUT2D eigenvalue weighted by atomic mass is 10.1. The number of ether oxygens (including phenoxy) is 1. The summed E-state index contributed by atoms with van der Waals surface area (Å²) in [6.07, 6.45) is 2.10. The zero-order chi connectivity index (χ0) is 14.4. The Morgan fingerprint density at radius 2 is 2.10 bits per heavy atom. The van der Waals surface area contributed by atoms with Gasteiger partial charge in [-0.05, 0) is 18.6 Å². The summed E-state index contributed by atoms with van der Waals surface area (Å²) in [7, 11) is 0. The number of nitro benzene ring substituents is 1. The zero-order valence-corrected chi connectivity index (χ0v) is 11.2. The summed E-state index contributed by atoms with van der Waals surface area (Å²) in [5, 5.41) is 14.5. The molecule has 0 unspecified atom stereocenters. The molecule has 1 heterocycles. The molecule has 0 N–H and O–H groups in total. The van der Waals surface area contributed by atoms with Gasteiger partial charge in [0.2, 0.25) is 0 Å². The molecule has 0 aliphatic heterocycles. The fraction of sp³-hybridized carbons (Fsp3) is 0.357. The summed E-state index contributed by atoms with van der Waals surface area (Å²) in [6.45, 7) is 3.19. The van der Waals surface area contributed by atoms with Crippen LogP contribution in [0, 0.1) is 10.1 Å². The molecule has 0 atom stereocenters. The minimum absolute atomic E-state index is 0.0559. The van der Waals surface area contributed by atoms with Crippen LogP contribution in [0.5, 0.6) is 0 Å². The van der Waals surface area contributed by atoms with E-state index in [0.717, 1.165) is 18.4 Å². The summed E-state index contributed by atoms with van der Waals surface area (Å²) in [6, 6.07) is 7.98. The molecule has 0 aliphatic rings. The lowest BCUT2D eigenvalue weighted by Gasteiger charge is -1.98. The number of unbranched alkanes of at least 4 members (excludes halogenated alkanes) is 1. The average molecular weight is 276 g/mol. The molecule has 6 heteroatoms. The van der Waals surface area contributed by atoms with Crippen LogP contribution in [0.1, 0.15) is 25.5 Å². The summed E-state index contributed by atoms with van der Waals surface area (Å²) in [4.78, 5) is 10.1. The van der Waals surface area contributed by atoms with E-state index in [4.69, 9.17) is 9.26 Å². The molecule has 1 aromatic heterocycles. The van der Waals surface area contributed by atoms with Gasteiger partial charge in [0.05, 0.1) is 4.92 Å². The summed E-state index contributed by atoms with van der Waals surface area (Å²) < 4.78 is 10.6. The van der Waals surface area contributed by atoms with Crippen molar-refractivity contribution in [2.45, 2.75) is 26.4 Å². The van der Waals surface area contributed by atoms with Crippen LogP contribution in [-0.2, 0) is 11.3 Å². The molecule has 1 aromatic carbocycles. The summed E-state index contributed by atoms with van der Waals surface area (Å²) >= 11 is 0. The van der Waals surface area contributed by atoms with Crippen molar-refractivity contribution < 1.29 is 14.2 Å². The van der Waals surface area contributed by atoms with Gasteiger partial charge in [-0.3, -0.25) is 10.1 Å². The Balaban J connectivity index is 1.99. The normalized spacial score (nSPS) is 10.7. The van der Waals surface area contributed by atoms with Crippen molar-refractivity contribution in [3.8, 4) is 11.3 Å². The van der Waals surface area contributed by atoms with Crippen molar-refractivity contribution in [3.63, 3.8) is 0 Å². The van der Waals surface area contributed by atoms with Crippen LogP contribution in [0.15, 0.2) is 34.9 Å². The van der Waals surface area contributed by atoms with Crippen molar-refractivity contribution in [2.24, 2.45) is 0 Å². The number of non-ortho nitro benzene ring substituents is 1. The van der Waals surface area contributed by atoms with E-state index in [1.807, 2.05) is 0 Å². The predicted molar refractivity (Wildman–Crippen MR) is 73.2 cm³/mol. The van der Waals surface area contributed by atoms with E-state index < -0.39 is 4.92 Å². The van der Waals surface area contributed by atoms with Crippen molar-refractivity contribution in [3.05, 3.63) is 46.2 Å². The van der Waals surface area contributed by atoms with Gasteiger partial charge in [0, 0.05) is 30.4 Å². The van der Waals surface area contributed by atoms with Gasteiger partial charge in [-0.2, -0.15) is 0 Å². The van der Waals surface area contributed by atoms with E-state index >= 15 is 0 Å². The first-order chi connectivity index (χ1) is 9.70. The monoisotopic (exact) mass is 276 g/mol. The molecule has 2 rings (SSSR count). The van der Waals surface area contributed by atoms with Crippen molar-refractivity contribution in [1.82, 2.24) is 5.16 Å². The quantitative estimate of drug-likeness (QED) is 0.439. The van der Waals surface area contributed by atoms with Gasteiger partial charge in [-0.25, -0.2) is 0 Å². The molecular formula is C14H16N2O4.